The van der Waals surface area contributed by atoms with E-state index in [1.165, 1.54) is 4.57 Å². The standard InChI is InChI=1S/C10H13N3O2/c1-7(2)13-6-8(4-3-5-14)9(11)12-10(13)15/h6-7,14H,5H2,1-2H3,(H2,11,12,15). The third-order valence-corrected chi connectivity index (χ3v) is 1.84. The van der Waals surface area contributed by atoms with Crippen LogP contribution in [0.5, 0.6) is 0 Å². The van der Waals surface area contributed by atoms with Crippen LogP contribution in [0.1, 0.15) is 25.5 Å². The van der Waals surface area contributed by atoms with Gasteiger partial charge in [-0.15, -0.1) is 0 Å². The van der Waals surface area contributed by atoms with Gasteiger partial charge in [0.15, 0.2) is 0 Å². The Labute approximate surface area is 87.6 Å². The number of hydrogen-bond donors (Lipinski definition) is 2. The van der Waals surface area contributed by atoms with E-state index >= 15 is 0 Å². The highest BCUT2D eigenvalue weighted by Gasteiger charge is 2.06. The molecule has 1 rings (SSSR count). The van der Waals surface area contributed by atoms with Gasteiger partial charge in [-0.25, -0.2) is 4.79 Å². The van der Waals surface area contributed by atoms with Crippen molar-refractivity contribution in [1.82, 2.24) is 9.55 Å². The van der Waals surface area contributed by atoms with Crippen LogP contribution in [0.25, 0.3) is 0 Å². The van der Waals surface area contributed by atoms with E-state index in [2.05, 4.69) is 16.8 Å². The average molecular weight is 207 g/mol. The molecule has 0 unspecified atom stereocenters. The highest BCUT2D eigenvalue weighted by atomic mass is 16.2. The molecule has 0 aliphatic carbocycles. The van der Waals surface area contributed by atoms with Gasteiger partial charge < -0.3 is 10.8 Å². The lowest BCUT2D eigenvalue weighted by Crippen LogP contribution is -2.25. The lowest BCUT2D eigenvalue weighted by atomic mass is 10.3. The molecule has 0 radical (unpaired) electrons. The zero-order valence-corrected chi connectivity index (χ0v) is 8.69. The monoisotopic (exact) mass is 207 g/mol. The Bertz CT molecular complexity index is 466. The maximum Gasteiger partial charge on any atom is 0.349 e. The number of nitrogen functional groups attached to an aromatic ring is 1. The van der Waals surface area contributed by atoms with Crippen LogP contribution in [-0.4, -0.2) is 21.3 Å². The van der Waals surface area contributed by atoms with Crippen LogP contribution in [0.4, 0.5) is 5.82 Å². The zero-order chi connectivity index (χ0) is 11.4. The van der Waals surface area contributed by atoms with E-state index in [1.807, 2.05) is 13.8 Å². The Balaban J connectivity index is 3.30. The first-order valence-electron chi connectivity index (χ1n) is 4.54. The van der Waals surface area contributed by atoms with Crippen molar-refractivity contribution in [2.24, 2.45) is 0 Å². The van der Waals surface area contributed by atoms with Gasteiger partial charge in [-0.1, -0.05) is 11.8 Å². The molecule has 3 N–H and O–H groups in total. The molecule has 15 heavy (non-hydrogen) atoms. The number of rotatable bonds is 1. The summed E-state index contributed by atoms with van der Waals surface area (Å²) in [4.78, 5) is 15.0. The molecule has 0 bridgehead atoms. The van der Waals surface area contributed by atoms with E-state index in [-0.39, 0.29) is 18.5 Å². The molecule has 80 valence electrons. The maximum atomic E-state index is 11.4. The van der Waals surface area contributed by atoms with Crippen molar-refractivity contribution in [2.45, 2.75) is 19.9 Å². The van der Waals surface area contributed by atoms with E-state index < -0.39 is 5.69 Å². The van der Waals surface area contributed by atoms with Crippen LogP contribution in [-0.2, 0) is 0 Å². The van der Waals surface area contributed by atoms with Crippen LogP contribution in [0.3, 0.4) is 0 Å². The van der Waals surface area contributed by atoms with Crippen molar-refractivity contribution in [3.8, 4) is 11.8 Å². The van der Waals surface area contributed by atoms with Crippen molar-refractivity contribution >= 4 is 5.82 Å². The summed E-state index contributed by atoms with van der Waals surface area (Å²) in [5.74, 6) is 5.19. The summed E-state index contributed by atoms with van der Waals surface area (Å²) >= 11 is 0. The lowest BCUT2D eigenvalue weighted by Gasteiger charge is -2.09. The van der Waals surface area contributed by atoms with Crippen molar-refractivity contribution in [3.63, 3.8) is 0 Å². The van der Waals surface area contributed by atoms with Crippen molar-refractivity contribution < 1.29 is 5.11 Å². The second kappa shape index (κ2) is 4.62. The van der Waals surface area contributed by atoms with Crippen LogP contribution in [0.15, 0.2) is 11.0 Å². The molecule has 0 fully saturated rings. The Morgan fingerprint density at radius 2 is 2.33 bits per heavy atom. The molecule has 0 aliphatic heterocycles. The van der Waals surface area contributed by atoms with Gasteiger partial charge in [0.05, 0.1) is 5.56 Å². The van der Waals surface area contributed by atoms with Crippen LogP contribution >= 0.6 is 0 Å². The minimum absolute atomic E-state index is 0.000256. The zero-order valence-electron chi connectivity index (χ0n) is 8.69. The molecule has 5 heteroatoms. The number of anilines is 1. The molecule has 0 aromatic carbocycles. The third kappa shape index (κ3) is 2.58. The largest absolute Gasteiger partial charge is 0.384 e. The Morgan fingerprint density at radius 3 is 2.87 bits per heavy atom. The minimum atomic E-state index is -0.392. The molecule has 1 aromatic rings. The van der Waals surface area contributed by atoms with Gasteiger partial charge in [-0.05, 0) is 13.8 Å². The second-order valence-electron chi connectivity index (χ2n) is 3.28. The maximum absolute atomic E-state index is 11.4. The average Bonchev–Trinajstić information content (AvgIpc) is 2.16. The third-order valence-electron chi connectivity index (χ3n) is 1.84. The van der Waals surface area contributed by atoms with E-state index in [9.17, 15) is 4.79 Å². The van der Waals surface area contributed by atoms with Crippen molar-refractivity contribution in [2.75, 3.05) is 12.3 Å². The van der Waals surface area contributed by atoms with E-state index in [0.29, 0.717) is 5.56 Å². The molecule has 0 aliphatic rings. The summed E-state index contributed by atoms with van der Waals surface area (Å²) in [5, 5.41) is 8.55. The molecular weight excluding hydrogens is 194 g/mol. The minimum Gasteiger partial charge on any atom is -0.384 e. The first-order chi connectivity index (χ1) is 7.06. The van der Waals surface area contributed by atoms with Crippen molar-refractivity contribution in [1.29, 1.82) is 0 Å². The quantitative estimate of drug-likeness (QED) is 0.622. The summed E-state index contributed by atoms with van der Waals surface area (Å²) in [6, 6.07) is 0.000256. The van der Waals surface area contributed by atoms with Crippen LogP contribution < -0.4 is 11.4 Å². The van der Waals surface area contributed by atoms with Gasteiger partial charge in [0.25, 0.3) is 0 Å². The molecule has 0 amide bonds. The molecular formula is C10H13N3O2. The van der Waals surface area contributed by atoms with Crippen LogP contribution in [0.2, 0.25) is 0 Å². The SMILES string of the molecule is CC(C)n1cc(C#CCO)c(N)nc1=O. The summed E-state index contributed by atoms with van der Waals surface area (Å²) in [6.07, 6.45) is 1.55. The molecule has 0 atom stereocenters. The molecule has 5 nitrogen and oxygen atoms in total. The summed E-state index contributed by atoms with van der Waals surface area (Å²) in [6.45, 7) is 3.48. The smallest absolute Gasteiger partial charge is 0.349 e. The summed E-state index contributed by atoms with van der Waals surface area (Å²) in [7, 11) is 0. The van der Waals surface area contributed by atoms with Gasteiger partial charge in [0.2, 0.25) is 0 Å². The fourth-order valence-electron chi connectivity index (χ4n) is 1.08. The number of aromatic nitrogens is 2. The summed E-state index contributed by atoms with van der Waals surface area (Å²) < 4.78 is 1.44. The first-order valence-corrected chi connectivity index (χ1v) is 4.54. The Kier molecular flexibility index (Phi) is 3.47. The predicted molar refractivity (Wildman–Crippen MR) is 57.3 cm³/mol. The number of aliphatic hydroxyl groups excluding tert-OH is 1. The van der Waals surface area contributed by atoms with E-state index in [1.54, 1.807) is 6.20 Å². The highest BCUT2D eigenvalue weighted by Crippen LogP contribution is 2.06. The molecule has 1 heterocycles. The first kappa shape index (κ1) is 11.3. The second-order valence-corrected chi connectivity index (χ2v) is 3.28. The van der Waals surface area contributed by atoms with E-state index in [0.717, 1.165) is 0 Å². The Morgan fingerprint density at radius 1 is 1.67 bits per heavy atom. The molecule has 0 saturated carbocycles. The predicted octanol–water partition coefficient (Wildman–Crippen LogP) is -0.250. The molecule has 1 aromatic heterocycles. The number of hydrogen-bond acceptors (Lipinski definition) is 4. The van der Waals surface area contributed by atoms with Gasteiger partial charge in [-0.3, -0.25) is 4.57 Å². The van der Waals surface area contributed by atoms with Gasteiger partial charge in [0.1, 0.15) is 12.4 Å². The van der Waals surface area contributed by atoms with E-state index in [4.69, 9.17) is 10.8 Å². The summed E-state index contributed by atoms with van der Waals surface area (Å²) in [5.41, 5.74) is 5.59. The fraction of sp³-hybridized carbons (Fsp3) is 0.400. The topological polar surface area (TPSA) is 81.1 Å². The molecule has 0 saturated heterocycles. The van der Waals surface area contributed by atoms with Gasteiger partial charge >= 0.3 is 5.69 Å². The normalized spacial score (nSPS) is 9.87. The van der Waals surface area contributed by atoms with Crippen molar-refractivity contribution in [3.05, 3.63) is 22.2 Å². The lowest BCUT2D eigenvalue weighted by molar-refractivity contribution is 0.350. The van der Waals surface area contributed by atoms with Gasteiger partial charge in [0, 0.05) is 12.2 Å². The molecule has 0 spiro atoms. The van der Waals surface area contributed by atoms with Crippen LogP contribution in [0, 0.1) is 11.8 Å². The Hall–Kier alpha value is -1.80. The number of nitrogens with two attached hydrogens (primary N) is 1. The van der Waals surface area contributed by atoms with Gasteiger partial charge in [-0.2, -0.15) is 4.98 Å². The highest BCUT2D eigenvalue weighted by molar-refractivity contribution is 5.48. The number of aliphatic hydroxyl groups is 1. The fourth-order valence-corrected chi connectivity index (χ4v) is 1.08. The number of nitrogens with zero attached hydrogens (tertiary/aromatic N) is 2.